The molecule has 0 aromatic heterocycles. The highest BCUT2D eigenvalue weighted by Crippen LogP contribution is 2.26. The van der Waals surface area contributed by atoms with Gasteiger partial charge in [-0.1, -0.05) is 29.8 Å². The molecule has 0 spiro atoms. The Morgan fingerprint density at radius 2 is 1.61 bits per heavy atom. The molecule has 0 fully saturated rings. The van der Waals surface area contributed by atoms with Crippen LogP contribution >= 0.6 is 0 Å². The number of nitro groups is 1. The summed E-state index contributed by atoms with van der Waals surface area (Å²) in [5.41, 5.74) is 3.10. The molecule has 0 amide bonds. The van der Waals surface area contributed by atoms with Gasteiger partial charge in [0.05, 0.1) is 11.0 Å². The van der Waals surface area contributed by atoms with E-state index in [-0.39, 0.29) is 23.9 Å². The minimum Gasteiger partial charge on any atom is -0.378 e. The number of non-ortho nitro benzene ring substituents is 1. The van der Waals surface area contributed by atoms with Gasteiger partial charge in [-0.05, 0) is 48.9 Å². The molecular weight excluding hydrogens is 359 g/mol. The van der Waals surface area contributed by atoms with Crippen LogP contribution in [0.4, 0.5) is 15.8 Å². The molecule has 6 heteroatoms. The van der Waals surface area contributed by atoms with Crippen LogP contribution in [0.3, 0.4) is 0 Å². The molecule has 0 aliphatic carbocycles. The predicted octanol–water partition coefficient (Wildman–Crippen LogP) is 5.47. The van der Waals surface area contributed by atoms with Gasteiger partial charge in [-0.2, -0.15) is 0 Å². The van der Waals surface area contributed by atoms with Crippen molar-refractivity contribution in [2.75, 3.05) is 5.32 Å². The molecule has 1 atom stereocenters. The number of benzene rings is 3. The maximum atomic E-state index is 13.1. The van der Waals surface area contributed by atoms with E-state index in [0.29, 0.717) is 5.56 Å². The van der Waals surface area contributed by atoms with Gasteiger partial charge in [0.15, 0.2) is 5.78 Å². The van der Waals surface area contributed by atoms with E-state index in [2.05, 4.69) is 5.32 Å². The van der Waals surface area contributed by atoms with Crippen molar-refractivity contribution < 1.29 is 14.1 Å². The highest BCUT2D eigenvalue weighted by molar-refractivity contribution is 5.96. The second-order valence-electron chi connectivity index (χ2n) is 6.55. The Morgan fingerprint density at radius 3 is 2.18 bits per heavy atom. The number of nitrogens with one attached hydrogen (secondary N) is 1. The van der Waals surface area contributed by atoms with E-state index >= 15 is 0 Å². The fourth-order valence-electron chi connectivity index (χ4n) is 2.87. The first-order valence-corrected chi connectivity index (χ1v) is 8.79. The van der Waals surface area contributed by atoms with E-state index in [1.54, 1.807) is 12.1 Å². The first-order valence-electron chi connectivity index (χ1n) is 8.79. The molecule has 0 bridgehead atoms. The summed E-state index contributed by atoms with van der Waals surface area (Å²) in [4.78, 5) is 23.1. The highest BCUT2D eigenvalue weighted by Gasteiger charge is 2.18. The summed E-state index contributed by atoms with van der Waals surface area (Å²) in [5, 5.41) is 14.2. The van der Waals surface area contributed by atoms with Gasteiger partial charge in [0.25, 0.3) is 5.69 Å². The average molecular weight is 378 g/mol. The second-order valence-corrected chi connectivity index (χ2v) is 6.55. The first kappa shape index (κ1) is 19.2. The van der Waals surface area contributed by atoms with Gasteiger partial charge in [0, 0.05) is 29.8 Å². The van der Waals surface area contributed by atoms with Crippen molar-refractivity contribution >= 4 is 17.2 Å². The molecule has 1 N–H and O–H groups in total. The second kappa shape index (κ2) is 8.43. The van der Waals surface area contributed by atoms with Crippen molar-refractivity contribution in [3.63, 3.8) is 0 Å². The molecule has 3 aromatic carbocycles. The van der Waals surface area contributed by atoms with Crippen LogP contribution in [0.5, 0.6) is 0 Å². The summed E-state index contributed by atoms with van der Waals surface area (Å²) < 4.78 is 13.1. The van der Waals surface area contributed by atoms with Gasteiger partial charge in [-0.25, -0.2) is 4.39 Å². The van der Waals surface area contributed by atoms with Gasteiger partial charge in [-0.3, -0.25) is 14.9 Å². The fraction of sp³-hybridized carbons (Fsp3) is 0.136. The number of rotatable bonds is 7. The zero-order valence-corrected chi connectivity index (χ0v) is 15.3. The third-order valence-corrected chi connectivity index (χ3v) is 4.45. The summed E-state index contributed by atoms with van der Waals surface area (Å²) in [6.45, 7) is 1.98. The number of aryl methyl sites for hydroxylation is 1. The molecular formula is C22H19FN2O3. The van der Waals surface area contributed by atoms with Gasteiger partial charge in [0.2, 0.25) is 0 Å². The standard InChI is InChI=1S/C22H19FN2O3/c1-15-2-10-19(11-3-15)24-21(16-6-12-20(13-7-16)25(27)28)14-22(26)17-4-8-18(23)9-5-17/h2-13,21,24H,14H2,1H3. The molecule has 0 aliphatic rings. The highest BCUT2D eigenvalue weighted by atomic mass is 19.1. The van der Waals surface area contributed by atoms with Crippen LogP contribution < -0.4 is 5.32 Å². The zero-order valence-electron chi connectivity index (χ0n) is 15.3. The number of hydrogen-bond donors (Lipinski definition) is 1. The third-order valence-electron chi connectivity index (χ3n) is 4.45. The van der Waals surface area contributed by atoms with E-state index in [4.69, 9.17) is 0 Å². The van der Waals surface area contributed by atoms with Crippen molar-refractivity contribution in [2.24, 2.45) is 0 Å². The molecule has 142 valence electrons. The SMILES string of the molecule is Cc1ccc(NC(CC(=O)c2ccc(F)cc2)c2ccc([N+](=O)[O-])cc2)cc1. The van der Waals surface area contributed by atoms with Crippen LogP contribution in [0.1, 0.15) is 33.9 Å². The number of carbonyl (C=O) groups excluding carboxylic acids is 1. The summed E-state index contributed by atoms with van der Waals surface area (Å²) in [6.07, 6.45) is 0.122. The van der Waals surface area contributed by atoms with E-state index in [9.17, 15) is 19.3 Å². The Kier molecular flexibility index (Phi) is 5.79. The Balaban J connectivity index is 1.86. The molecule has 0 saturated heterocycles. The van der Waals surface area contributed by atoms with Crippen LogP contribution in [0.25, 0.3) is 0 Å². The number of nitro benzene ring substituents is 1. The van der Waals surface area contributed by atoms with Crippen LogP contribution in [-0.4, -0.2) is 10.7 Å². The van der Waals surface area contributed by atoms with Crippen LogP contribution in [0.15, 0.2) is 72.8 Å². The number of hydrogen-bond acceptors (Lipinski definition) is 4. The molecule has 5 nitrogen and oxygen atoms in total. The van der Waals surface area contributed by atoms with Crippen LogP contribution in [0, 0.1) is 22.9 Å². The number of nitrogens with zero attached hydrogens (tertiary/aromatic N) is 1. The normalized spacial score (nSPS) is 11.6. The van der Waals surface area contributed by atoms with Crippen molar-refractivity contribution in [1.29, 1.82) is 0 Å². The van der Waals surface area contributed by atoms with Crippen molar-refractivity contribution in [3.05, 3.63) is 105 Å². The smallest absolute Gasteiger partial charge is 0.269 e. The summed E-state index contributed by atoms with van der Waals surface area (Å²) >= 11 is 0. The summed E-state index contributed by atoms with van der Waals surface area (Å²) in [7, 11) is 0. The van der Waals surface area contributed by atoms with Crippen LogP contribution in [-0.2, 0) is 0 Å². The van der Waals surface area contributed by atoms with E-state index < -0.39 is 10.7 Å². The molecule has 0 radical (unpaired) electrons. The Bertz CT molecular complexity index is 968. The molecule has 0 heterocycles. The minimum absolute atomic E-state index is 0.0114. The number of anilines is 1. The monoisotopic (exact) mass is 378 g/mol. The van der Waals surface area contributed by atoms with E-state index in [1.165, 1.54) is 36.4 Å². The molecule has 1 unspecified atom stereocenters. The third kappa shape index (κ3) is 4.79. The fourth-order valence-corrected chi connectivity index (χ4v) is 2.87. The maximum Gasteiger partial charge on any atom is 0.269 e. The van der Waals surface area contributed by atoms with Crippen molar-refractivity contribution in [3.8, 4) is 0 Å². The summed E-state index contributed by atoms with van der Waals surface area (Å²) in [5.74, 6) is -0.552. The van der Waals surface area contributed by atoms with Gasteiger partial charge in [0.1, 0.15) is 5.82 Å². The minimum atomic E-state index is -0.462. The largest absolute Gasteiger partial charge is 0.378 e. The Labute approximate surface area is 162 Å². The molecule has 0 aliphatic heterocycles. The first-order chi connectivity index (χ1) is 13.4. The lowest BCUT2D eigenvalue weighted by Crippen LogP contribution is -2.16. The van der Waals surface area contributed by atoms with Crippen LogP contribution in [0.2, 0.25) is 0 Å². The summed E-state index contributed by atoms with van der Waals surface area (Å²) in [6, 6.07) is 18.9. The zero-order chi connectivity index (χ0) is 20.1. The van der Waals surface area contributed by atoms with Gasteiger partial charge in [-0.15, -0.1) is 0 Å². The lowest BCUT2D eigenvalue weighted by Gasteiger charge is -2.20. The molecule has 3 rings (SSSR count). The quantitative estimate of drug-likeness (QED) is 0.336. The number of ketones is 1. The maximum absolute atomic E-state index is 13.1. The van der Waals surface area contributed by atoms with E-state index in [0.717, 1.165) is 16.8 Å². The lowest BCUT2D eigenvalue weighted by atomic mass is 9.97. The Hall–Kier alpha value is -3.54. The predicted molar refractivity (Wildman–Crippen MR) is 106 cm³/mol. The van der Waals surface area contributed by atoms with Gasteiger partial charge >= 0.3 is 0 Å². The van der Waals surface area contributed by atoms with Crippen molar-refractivity contribution in [2.45, 2.75) is 19.4 Å². The average Bonchev–Trinajstić information content (AvgIpc) is 2.69. The number of halogens is 1. The lowest BCUT2D eigenvalue weighted by molar-refractivity contribution is -0.384. The van der Waals surface area contributed by atoms with Gasteiger partial charge < -0.3 is 5.32 Å². The molecule has 0 saturated carbocycles. The van der Waals surface area contributed by atoms with E-state index in [1.807, 2.05) is 31.2 Å². The Morgan fingerprint density at radius 1 is 1.00 bits per heavy atom. The number of carbonyl (C=O) groups is 1. The number of Topliss-reactive ketones (excluding diaryl/α,β-unsaturated/α-hetero) is 1. The molecule has 3 aromatic rings. The topological polar surface area (TPSA) is 72.2 Å². The van der Waals surface area contributed by atoms with Crippen molar-refractivity contribution in [1.82, 2.24) is 0 Å². The molecule has 28 heavy (non-hydrogen) atoms.